The zero-order valence-electron chi connectivity index (χ0n) is 12.3. The Kier molecular flexibility index (Phi) is 4.25. The van der Waals surface area contributed by atoms with Crippen LogP contribution in [0.1, 0.15) is 30.4 Å². The minimum atomic E-state index is -3.76. The molecule has 0 saturated carbocycles. The molecule has 1 fully saturated rings. The first-order valence-corrected chi connectivity index (χ1v) is 8.37. The molecule has 0 aliphatic carbocycles. The monoisotopic (exact) mass is 311 g/mol. The van der Waals surface area contributed by atoms with Crippen LogP contribution in [-0.2, 0) is 14.8 Å². The lowest BCUT2D eigenvalue weighted by atomic mass is 10.0. The van der Waals surface area contributed by atoms with Gasteiger partial charge in [-0.1, -0.05) is 6.42 Å². The van der Waals surface area contributed by atoms with Crippen molar-refractivity contribution < 1.29 is 13.2 Å². The number of rotatable bonds is 3. The van der Waals surface area contributed by atoms with Crippen LogP contribution >= 0.6 is 0 Å². The first-order valence-electron chi connectivity index (χ1n) is 6.93. The number of nitrogens with two attached hydrogens (primary N) is 2. The van der Waals surface area contributed by atoms with Gasteiger partial charge in [0.1, 0.15) is 6.04 Å². The molecule has 1 atom stereocenters. The number of nitrogen functional groups attached to an aromatic ring is 1. The number of hydrogen-bond donors (Lipinski definition) is 2. The number of amides is 1. The number of carbonyl (C=O) groups excluding carboxylic acids is 1. The summed E-state index contributed by atoms with van der Waals surface area (Å²) >= 11 is 0. The van der Waals surface area contributed by atoms with Crippen molar-refractivity contribution in [3.63, 3.8) is 0 Å². The van der Waals surface area contributed by atoms with Crippen LogP contribution in [0.3, 0.4) is 0 Å². The van der Waals surface area contributed by atoms with Gasteiger partial charge in [-0.3, -0.25) is 4.79 Å². The van der Waals surface area contributed by atoms with E-state index >= 15 is 0 Å². The molecule has 1 aliphatic heterocycles. The Morgan fingerprint density at radius 2 is 1.81 bits per heavy atom. The van der Waals surface area contributed by atoms with Gasteiger partial charge >= 0.3 is 0 Å². The van der Waals surface area contributed by atoms with Crippen molar-refractivity contribution in [2.24, 2.45) is 5.73 Å². The van der Waals surface area contributed by atoms with Gasteiger partial charge in [0.15, 0.2) is 0 Å². The molecule has 0 aromatic heterocycles. The van der Waals surface area contributed by atoms with Crippen molar-refractivity contribution in [1.29, 1.82) is 0 Å². The van der Waals surface area contributed by atoms with Gasteiger partial charge in [-0.2, -0.15) is 4.31 Å². The highest BCUT2D eigenvalue weighted by atomic mass is 32.2. The molecule has 6 nitrogen and oxygen atoms in total. The smallest absolute Gasteiger partial charge is 0.244 e. The molecule has 1 aromatic carbocycles. The number of carbonyl (C=O) groups is 1. The van der Waals surface area contributed by atoms with Gasteiger partial charge in [-0.05, 0) is 49.9 Å². The second kappa shape index (κ2) is 5.65. The number of anilines is 1. The van der Waals surface area contributed by atoms with Crippen LogP contribution in [0.5, 0.6) is 0 Å². The SMILES string of the molecule is Cc1cc(N)cc(C)c1S(=O)(=O)N1CCCCC1C(N)=O. The summed E-state index contributed by atoms with van der Waals surface area (Å²) in [6, 6.07) is 2.49. The summed E-state index contributed by atoms with van der Waals surface area (Å²) in [4.78, 5) is 11.8. The highest BCUT2D eigenvalue weighted by Gasteiger charge is 2.37. The Labute approximate surface area is 125 Å². The van der Waals surface area contributed by atoms with E-state index in [2.05, 4.69) is 0 Å². The van der Waals surface area contributed by atoms with Crippen LogP contribution < -0.4 is 11.5 Å². The van der Waals surface area contributed by atoms with Crippen molar-refractivity contribution in [1.82, 2.24) is 4.31 Å². The van der Waals surface area contributed by atoms with Gasteiger partial charge in [0, 0.05) is 12.2 Å². The first kappa shape index (κ1) is 15.8. The Bertz CT molecular complexity index is 647. The third-order valence-corrected chi connectivity index (χ3v) is 6.05. The van der Waals surface area contributed by atoms with E-state index in [9.17, 15) is 13.2 Å². The Hall–Kier alpha value is -1.60. The molecule has 1 aromatic rings. The molecule has 1 unspecified atom stereocenters. The third-order valence-electron chi connectivity index (χ3n) is 3.83. The molecule has 116 valence electrons. The van der Waals surface area contributed by atoms with E-state index in [1.165, 1.54) is 4.31 Å². The Balaban J connectivity index is 2.53. The van der Waals surface area contributed by atoms with Crippen LogP contribution in [0.4, 0.5) is 5.69 Å². The molecule has 0 spiro atoms. The van der Waals surface area contributed by atoms with Crippen molar-refractivity contribution >= 4 is 21.6 Å². The summed E-state index contributed by atoms with van der Waals surface area (Å²) in [6.07, 6.45) is 2.01. The van der Waals surface area contributed by atoms with E-state index in [-0.39, 0.29) is 4.90 Å². The summed E-state index contributed by atoms with van der Waals surface area (Å²) in [7, 11) is -3.76. The van der Waals surface area contributed by atoms with Crippen LogP contribution in [0, 0.1) is 13.8 Å². The van der Waals surface area contributed by atoms with E-state index in [0.29, 0.717) is 29.8 Å². The lowest BCUT2D eigenvalue weighted by molar-refractivity contribution is -0.122. The third kappa shape index (κ3) is 2.89. The topological polar surface area (TPSA) is 106 Å². The molecule has 7 heteroatoms. The van der Waals surface area contributed by atoms with Gasteiger partial charge < -0.3 is 11.5 Å². The van der Waals surface area contributed by atoms with E-state index in [1.54, 1.807) is 26.0 Å². The van der Waals surface area contributed by atoms with Gasteiger partial charge in [-0.15, -0.1) is 0 Å². The van der Waals surface area contributed by atoms with Crippen molar-refractivity contribution in [2.75, 3.05) is 12.3 Å². The maximum absolute atomic E-state index is 12.9. The fourth-order valence-corrected chi connectivity index (χ4v) is 5.06. The minimum Gasteiger partial charge on any atom is -0.399 e. The summed E-state index contributed by atoms with van der Waals surface area (Å²) in [6.45, 7) is 3.73. The number of aryl methyl sites for hydroxylation is 2. The van der Waals surface area contributed by atoms with E-state index in [1.807, 2.05) is 0 Å². The molecule has 1 heterocycles. The average molecular weight is 311 g/mol. The quantitative estimate of drug-likeness (QED) is 0.809. The normalized spacial score (nSPS) is 20.4. The number of primary amides is 1. The van der Waals surface area contributed by atoms with Gasteiger partial charge in [0.05, 0.1) is 4.90 Å². The number of hydrogen-bond acceptors (Lipinski definition) is 4. The van der Waals surface area contributed by atoms with Crippen molar-refractivity contribution in [3.8, 4) is 0 Å². The summed E-state index contributed by atoms with van der Waals surface area (Å²) in [5.41, 5.74) is 12.8. The first-order chi connectivity index (χ1) is 9.75. The molecule has 21 heavy (non-hydrogen) atoms. The molecule has 1 aliphatic rings. The summed E-state index contributed by atoms with van der Waals surface area (Å²) < 4.78 is 27.1. The lowest BCUT2D eigenvalue weighted by Gasteiger charge is -2.33. The van der Waals surface area contributed by atoms with Crippen LogP contribution in [-0.4, -0.2) is 31.2 Å². The van der Waals surface area contributed by atoms with Gasteiger partial charge in [-0.25, -0.2) is 8.42 Å². The standard InChI is InChI=1S/C14H21N3O3S/c1-9-7-11(15)8-10(2)13(9)21(19,20)17-6-4-3-5-12(17)14(16)18/h7-8,12H,3-6,15H2,1-2H3,(H2,16,18). The van der Waals surface area contributed by atoms with E-state index in [4.69, 9.17) is 11.5 Å². The molecule has 0 radical (unpaired) electrons. The Morgan fingerprint density at radius 1 is 1.24 bits per heavy atom. The van der Waals surface area contributed by atoms with Gasteiger partial charge in [0.2, 0.25) is 15.9 Å². The zero-order valence-corrected chi connectivity index (χ0v) is 13.1. The summed E-state index contributed by atoms with van der Waals surface area (Å²) in [5, 5.41) is 0. The number of benzene rings is 1. The van der Waals surface area contributed by atoms with Crippen LogP contribution in [0.25, 0.3) is 0 Å². The van der Waals surface area contributed by atoms with E-state index in [0.717, 1.165) is 12.8 Å². The number of piperidine rings is 1. The largest absolute Gasteiger partial charge is 0.399 e. The molecule has 1 saturated heterocycles. The average Bonchev–Trinajstić information content (AvgIpc) is 2.37. The summed E-state index contributed by atoms with van der Waals surface area (Å²) in [5.74, 6) is -0.593. The van der Waals surface area contributed by atoms with Crippen molar-refractivity contribution in [3.05, 3.63) is 23.3 Å². The highest BCUT2D eigenvalue weighted by Crippen LogP contribution is 2.30. The fraction of sp³-hybridized carbons (Fsp3) is 0.500. The maximum atomic E-state index is 12.9. The fourth-order valence-electron chi connectivity index (χ4n) is 2.98. The maximum Gasteiger partial charge on any atom is 0.244 e. The van der Waals surface area contributed by atoms with Crippen LogP contribution in [0.15, 0.2) is 17.0 Å². The number of sulfonamides is 1. The molecular formula is C14H21N3O3S. The van der Waals surface area contributed by atoms with E-state index < -0.39 is 22.0 Å². The second-order valence-corrected chi connectivity index (χ2v) is 7.34. The molecular weight excluding hydrogens is 290 g/mol. The predicted octanol–water partition coefficient (Wildman–Crippen LogP) is 0.914. The number of nitrogens with zero attached hydrogens (tertiary/aromatic N) is 1. The second-order valence-electron chi connectivity index (χ2n) is 5.51. The van der Waals surface area contributed by atoms with Gasteiger partial charge in [0.25, 0.3) is 0 Å². The lowest BCUT2D eigenvalue weighted by Crippen LogP contribution is -2.50. The predicted molar refractivity (Wildman–Crippen MR) is 81.1 cm³/mol. The zero-order chi connectivity index (χ0) is 15.8. The Morgan fingerprint density at radius 3 is 2.33 bits per heavy atom. The van der Waals surface area contributed by atoms with Crippen LogP contribution in [0.2, 0.25) is 0 Å². The highest BCUT2D eigenvalue weighted by molar-refractivity contribution is 7.89. The molecule has 1 amide bonds. The molecule has 2 rings (SSSR count). The minimum absolute atomic E-state index is 0.227. The molecule has 0 bridgehead atoms. The molecule has 4 N–H and O–H groups in total. The van der Waals surface area contributed by atoms with Crippen molar-refractivity contribution in [2.45, 2.75) is 44.0 Å².